The van der Waals surface area contributed by atoms with Gasteiger partial charge >= 0.3 is 5.97 Å². The molecule has 0 spiro atoms. The quantitative estimate of drug-likeness (QED) is 0.0922. The van der Waals surface area contributed by atoms with Crippen molar-refractivity contribution in [3.8, 4) is 11.4 Å². The molecule has 45 heavy (non-hydrogen) atoms. The van der Waals surface area contributed by atoms with Crippen molar-refractivity contribution < 1.29 is 14.7 Å². The molecule has 0 radical (unpaired) electrons. The fourth-order valence-corrected chi connectivity index (χ4v) is 6.90. The number of carboxylic acid groups (broad SMARTS) is 1. The van der Waals surface area contributed by atoms with Crippen LogP contribution in [-0.4, -0.2) is 46.4 Å². The number of benzene rings is 4. The number of aromatic nitrogens is 5. The zero-order chi connectivity index (χ0) is 31.3. The molecule has 6 aromatic rings. The highest BCUT2D eigenvalue weighted by molar-refractivity contribution is 8.00. The predicted octanol–water partition coefficient (Wildman–Crippen LogP) is 6.73. The summed E-state index contributed by atoms with van der Waals surface area (Å²) >= 11 is 8.36. The van der Waals surface area contributed by atoms with E-state index in [1.54, 1.807) is 45.5 Å². The molecule has 0 saturated carbocycles. The highest BCUT2D eigenvalue weighted by Gasteiger charge is 2.28. The summed E-state index contributed by atoms with van der Waals surface area (Å²) in [5.74, 6) is -0.666. The topological polar surface area (TPSA) is 120 Å². The molecule has 0 fully saturated rings. The van der Waals surface area contributed by atoms with Crippen LogP contribution in [0, 0.1) is 0 Å². The third kappa shape index (κ3) is 6.70. The van der Waals surface area contributed by atoms with Crippen LogP contribution in [0.15, 0.2) is 124 Å². The average Bonchev–Trinajstić information content (AvgIpc) is 3.46. The van der Waals surface area contributed by atoms with Crippen LogP contribution in [0.5, 0.6) is 0 Å². The van der Waals surface area contributed by atoms with Gasteiger partial charge in [0.2, 0.25) is 0 Å². The molecule has 9 nitrogen and oxygen atoms in total. The Bertz CT molecular complexity index is 2050. The predicted molar refractivity (Wildman–Crippen MR) is 176 cm³/mol. The number of nitrogens with zero attached hydrogens (tertiary/aromatic N) is 5. The van der Waals surface area contributed by atoms with E-state index in [-0.39, 0.29) is 17.1 Å². The minimum Gasteiger partial charge on any atom is -0.481 e. The van der Waals surface area contributed by atoms with Crippen molar-refractivity contribution in [2.24, 2.45) is 0 Å². The third-order valence-electron chi connectivity index (χ3n) is 6.83. The molecule has 12 heteroatoms. The number of carboxylic acids is 1. The van der Waals surface area contributed by atoms with Gasteiger partial charge in [0.1, 0.15) is 5.82 Å². The molecule has 2 heterocycles. The number of rotatable bonds is 11. The van der Waals surface area contributed by atoms with Crippen molar-refractivity contribution in [2.45, 2.75) is 27.7 Å². The molecule has 0 aliphatic carbocycles. The van der Waals surface area contributed by atoms with E-state index in [1.165, 1.54) is 11.8 Å². The summed E-state index contributed by atoms with van der Waals surface area (Å²) in [4.78, 5) is 43.7. The fraction of sp³-hybridized carbons (Fsp3) is 0.0909. The van der Waals surface area contributed by atoms with Crippen LogP contribution in [0.1, 0.15) is 22.6 Å². The van der Waals surface area contributed by atoms with Crippen LogP contribution < -0.4 is 5.56 Å². The van der Waals surface area contributed by atoms with E-state index >= 15 is 0 Å². The lowest BCUT2D eigenvalue weighted by atomic mass is 10.1. The number of Topliss-reactive ketones (excluding diaryl/α,β-unsaturated/α-hetero) is 1. The SMILES string of the molecule is O=C(O)CC(Sc1nnc(CSc2nc3ccccc3c(=O)n2-c2ccccc2)n1-c1ccccc1)C(=O)c1ccc(Cl)cc1. The van der Waals surface area contributed by atoms with Gasteiger partial charge in [-0.15, -0.1) is 10.2 Å². The van der Waals surface area contributed by atoms with Crippen LogP contribution in [-0.2, 0) is 10.5 Å². The van der Waals surface area contributed by atoms with E-state index in [0.29, 0.717) is 43.3 Å². The van der Waals surface area contributed by atoms with Crippen LogP contribution in [0.3, 0.4) is 0 Å². The maximum atomic E-state index is 13.6. The highest BCUT2D eigenvalue weighted by Crippen LogP contribution is 2.32. The van der Waals surface area contributed by atoms with Gasteiger partial charge in [0.25, 0.3) is 5.56 Å². The minimum absolute atomic E-state index is 0.188. The van der Waals surface area contributed by atoms with Gasteiger partial charge < -0.3 is 5.11 Å². The molecular weight excluding hydrogens is 630 g/mol. The normalized spacial score (nSPS) is 11.8. The number of halogens is 1. The Kier molecular flexibility index (Phi) is 9.11. The molecule has 0 saturated heterocycles. The molecule has 0 aliphatic rings. The monoisotopic (exact) mass is 653 g/mol. The van der Waals surface area contributed by atoms with Crippen molar-refractivity contribution in [3.05, 3.63) is 136 Å². The molecule has 224 valence electrons. The third-order valence-corrected chi connectivity index (χ3v) is 9.16. The first kappa shape index (κ1) is 30.3. The van der Waals surface area contributed by atoms with E-state index in [9.17, 15) is 19.5 Å². The van der Waals surface area contributed by atoms with Crippen molar-refractivity contribution in [2.75, 3.05) is 0 Å². The number of hydrogen-bond donors (Lipinski definition) is 1. The Labute approximate surface area is 270 Å². The zero-order valence-electron chi connectivity index (χ0n) is 23.5. The molecule has 1 unspecified atom stereocenters. The molecule has 1 N–H and O–H groups in total. The number of para-hydroxylation sites is 3. The molecule has 1 atom stereocenters. The number of aliphatic carboxylic acids is 1. The Morgan fingerprint density at radius 3 is 2.07 bits per heavy atom. The number of thioether (sulfide) groups is 2. The van der Waals surface area contributed by atoms with Crippen LogP contribution in [0.25, 0.3) is 22.3 Å². The lowest BCUT2D eigenvalue weighted by Gasteiger charge is -2.16. The first-order chi connectivity index (χ1) is 21.9. The Balaban J connectivity index is 1.38. The van der Waals surface area contributed by atoms with E-state index in [4.69, 9.17) is 16.6 Å². The van der Waals surface area contributed by atoms with E-state index in [0.717, 1.165) is 17.4 Å². The number of ketones is 1. The first-order valence-corrected chi connectivity index (χ1v) is 16.0. The van der Waals surface area contributed by atoms with Gasteiger partial charge in [-0.3, -0.25) is 23.5 Å². The second-order valence-corrected chi connectivity index (χ2v) is 12.4. The Hall–Kier alpha value is -4.71. The minimum atomic E-state index is -1.11. The highest BCUT2D eigenvalue weighted by atomic mass is 35.5. The van der Waals surface area contributed by atoms with Gasteiger partial charge in [-0.2, -0.15) is 0 Å². The van der Waals surface area contributed by atoms with E-state index in [2.05, 4.69) is 10.2 Å². The van der Waals surface area contributed by atoms with Gasteiger partial charge in [-0.1, -0.05) is 83.7 Å². The second-order valence-electron chi connectivity index (χ2n) is 9.82. The fourth-order valence-electron chi connectivity index (χ4n) is 4.72. The van der Waals surface area contributed by atoms with Crippen molar-refractivity contribution in [1.29, 1.82) is 0 Å². The van der Waals surface area contributed by atoms with Gasteiger partial charge in [-0.05, 0) is 60.7 Å². The summed E-state index contributed by atoms with van der Waals surface area (Å²) in [6.45, 7) is 0. The molecular formula is C33H24ClN5O4S2. The molecule has 0 bridgehead atoms. The first-order valence-electron chi connectivity index (χ1n) is 13.8. The second kappa shape index (κ2) is 13.5. The maximum absolute atomic E-state index is 13.6. The van der Waals surface area contributed by atoms with Gasteiger partial charge in [0.15, 0.2) is 16.1 Å². The largest absolute Gasteiger partial charge is 0.481 e. The maximum Gasteiger partial charge on any atom is 0.304 e. The summed E-state index contributed by atoms with van der Waals surface area (Å²) in [7, 11) is 0. The van der Waals surface area contributed by atoms with Crippen LogP contribution in [0.4, 0.5) is 0 Å². The van der Waals surface area contributed by atoms with E-state index in [1.807, 2.05) is 72.8 Å². The van der Waals surface area contributed by atoms with Crippen LogP contribution in [0.2, 0.25) is 5.02 Å². The zero-order valence-corrected chi connectivity index (χ0v) is 25.9. The van der Waals surface area contributed by atoms with Crippen molar-refractivity contribution in [1.82, 2.24) is 24.3 Å². The number of hydrogen-bond acceptors (Lipinski definition) is 8. The van der Waals surface area contributed by atoms with Gasteiger partial charge in [-0.25, -0.2) is 4.98 Å². The van der Waals surface area contributed by atoms with Gasteiger partial charge in [0, 0.05) is 16.3 Å². The Morgan fingerprint density at radius 2 is 1.40 bits per heavy atom. The summed E-state index contributed by atoms with van der Waals surface area (Å²) in [6, 6.07) is 32.2. The van der Waals surface area contributed by atoms with Gasteiger partial charge in [0.05, 0.1) is 34.0 Å². The van der Waals surface area contributed by atoms with Crippen LogP contribution >= 0.6 is 35.1 Å². The van der Waals surface area contributed by atoms with Crippen molar-refractivity contribution >= 4 is 57.8 Å². The van der Waals surface area contributed by atoms with Crippen molar-refractivity contribution in [3.63, 3.8) is 0 Å². The summed E-state index contributed by atoms with van der Waals surface area (Å²) in [5.41, 5.74) is 2.16. The Morgan fingerprint density at radius 1 is 0.778 bits per heavy atom. The molecule has 4 aromatic carbocycles. The summed E-state index contributed by atoms with van der Waals surface area (Å²) < 4.78 is 3.38. The molecule has 0 aliphatic heterocycles. The summed E-state index contributed by atoms with van der Waals surface area (Å²) in [5, 5.41) is 19.3. The molecule has 2 aromatic heterocycles. The average molecular weight is 654 g/mol. The number of carbonyl (C=O) groups is 2. The number of carbonyl (C=O) groups excluding carboxylic acids is 1. The standard InChI is InChI=1S/C33H24ClN5O4S2/c34-22-17-15-21(16-18-22)30(42)27(19-29(40)41)45-33-37-36-28(38(33)23-9-3-1-4-10-23)20-44-32-35-26-14-8-7-13-25(26)31(43)39(32)24-11-5-2-6-12-24/h1-18,27H,19-20H2,(H,40,41). The number of fused-ring (bicyclic) bond motifs is 1. The van der Waals surface area contributed by atoms with E-state index < -0.39 is 17.6 Å². The lowest BCUT2D eigenvalue weighted by Crippen LogP contribution is -2.22. The smallest absolute Gasteiger partial charge is 0.304 e. The summed E-state index contributed by atoms with van der Waals surface area (Å²) in [6.07, 6.45) is -0.414. The lowest BCUT2D eigenvalue weighted by molar-refractivity contribution is -0.136. The molecule has 6 rings (SSSR count). The molecule has 0 amide bonds.